The molecule has 3 nitrogen and oxygen atoms in total. The van der Waals surface area contributed by atoms with Gasteiger partial charge in [-0.1, -0.05) is 54.9 Å². The van der Waals surface area contributed by atoms with Crippen molar-refractivity contribution in [2.45, 2.75) is 32.2 Å². The molecule has 1 saturated carbocycles. The van der Waals surface area contributed by atoms with E-state index in [2.05, 4.69) is 48.0 Å². The van der Waals surface area contributed by atoms with E-state index in [0.29, 0.717) is 12.5 Å². The highest BCUT2D eigenvalue weighted by Gasteiger charge is 2.45. The third-order valence-electron chi connectivity index (χ3n) is 6.38. The van der Waals surface area contributed by atoms with E-state index in [1.807, 2.05) is 24.3 Å². The first-order chi connectivity index (χ1) is 13.1. The molecule has 138 valence electrons. The van der Waals surface area contributed by atoms with Crippen LogP contribution in [-0.2, 0) is 4.79 Å². The monoisotopic (exact) mass is 378 g/mol. The summed E-state index contributed by atoms with van der Waals surface area (Å²) in [4.78, 5) is 18.8. The van der Waals surface area contributed by atoms with E-state index in [0.717, 1.165) is 28.2 Å². The largest absolute Gasteiger partial charge is 0.356 e. The number of aromatic nitrogens is 1. The number of rotatable bonds is 2. The lowest BCUT2D eigenvalue weighted by Gasteiger charge is -2.39. The number of amides is 1. The fraction of sp³-hybridized carbons (Fsp3) is 0.348. The van der Waals surface area contributed by atoms with Gasteiger partial charge >= 0.3 is 0 Å². The molecule has 1 aromatic heterocycles. The van der Waals surface area contributed by atoms with Crippen molar-refractivity contribution in [2.75, 3.05) is 6.54 Å². The Bertz CT molecular complexity index is 1040. The lowest BCUT2D eigenvalue weighted by molar-refractivity contribution is -0.135. The summed E-state index contributed by atoms with van der Waals surface area (Å²) >= 11 is 6.59. The molecule has 0 bridgehead atoms. The highest BCUT2D eigenvalue weighted by Crippen LogP contribution is 2.47. The van der Waals surface area contributed by atoms with Gasteiger partial charge in [0.1, 0.15) is 0 Å². The molecule has 1 amide bonds. The number of hydrogen-bond donors (Lipinski definition) is 1. The summed E-state index contributed by atoms with van der Waals surface area (Å²) < 4.78 is 0. The number of hydrogen-bond acceptors (Lipinski definition) is 1. The second kappa shape index (κ2) is 6.13. The fourth-order valence-electron chi connectivity index (χ4n) is 4.66. The van der Waals surface area contributed by atoms with Gasteiger partial charge in [0.2, 0.25) is 5.91 Å². The summed E-state index contributed by atoms with van der Waals surface area (Å²) in [5, 5.41) is 2.00. The standard InChI is InChI=1S/C23H23ClN2O/c1-13-11-17(13)23(27)26-12-18(15-7-3-5-9-19(15)24)21-16-8-4-6-10-20(16)25-22(21)14(26)2/h3-10,13-14,17-18,25H,11-12H2,1-2H3. The Labute approximate surface area is 164 Å². The van der Waals surface area contributed by atoms with Crippen LogP contribution in [0.25, 0.3) is 10.9 Å². The van der Waals surface area contributed by atoms with Crippen LogP contribution in [0.2, 0.25) is 5.02 Å². The van der Waals surface area contributed by atoms with E-state index in [1.54, 1.807) is 0 Å². The topological polar surface area (TPSA) is 36.1 Å². The van der Waals surface area contributed by atoms with Gasteiger partial charge in [0, 0.05) is 40.0 Å². The van der Waals surface area contributed by atoms with Gasteiger partial charge in [-0.3, -0.25) is 4.79 Å². The molecule has 1 fully saturated rings. The number of para-hydroxylation sites is 1. The van der Waals surface area contributed by atoms with Crippen molar-refractivity contribution in [3.8, 4) is 0 Å². The molecule has 4 heteroatoms. The number of carbonyl (C=O) groups excluding carboxylic acids is 1. The number of aromatic amines is 1. The number of benzene rings is 2. The minimum atomic E-state index is 0.0476. The highest BCUT2D eigenvalue weighted by atomic mass is 35.5. The van der Waals surface area contributed by atoms with Gasteiger partial charge in [-0.25, -0.2) is 0 Å². The van der Waals surface area contributed by atoms with Crippen molar-refractivity contribution in [3.63, 3.8) is 0 Å². The van der Waals surface area contributed by atoms with Gasteiger partial charge in [0.15, 0.2) is 0 Å². The van der Waals surface area contributed by atoms with E-state index in [1.165, 1.54) is 10.9 Å². The van der Waals surface area contributed by atoms with Crippen LogP contribution in [0.5, 0.6) is 0 Å². The predicted octanol–water partition coefficient (Wildman–Crippen LogP) is 5.51. The van der Waals surface area contributed by atoms with Gasteiger partial charge in [-0.2, -0.15) is 0 Å². The number of nitrogens with one attached hydrogen (secondary N) is 1. The number of carbonyl (C=O) groups is 1. The second-order valence-electron chi connectivity index (χ2n) is 8.06. The minimum absolute atomic E-state index is 0.0476. The van der Waals surface area contributed by atoms with Crippen LogP contribution in [0, 0.1) is 11.8 Å². The van der Waals surface area contributed by atoms with Gasteiger partial charge in [0.05, 0.1) is 6.04 Å². The first kappa shape index (κ1) is 16.9. The maximum atomic E-state index is 13.1. The lowest BCUT2D eigenvalue weighted by atomic mass is 9.83. The number of nitrogens with zero attached hydrogens (tertiary/aromatic N) is 1. The molecule has 0 spiro atoms. The quantitative estimate of drug-likeness (QED) is 0.626. The zero-order valence-electron chi connectivity index (χ0n) is 15.6. The van der Waals surface area contributed by atoms with Crippen LogP contribution < -0.4 is 0 Å². The molecule has 0 radical (unpaired) electrons. The number of H-pyrrole nitrogens is 1. The molecule has 2 aromatic carbocycles. The molecular formula is C23H23ClN2O. The van der Waals surface area contributed by atoms with Gasteiger partial charge in [0.25, 0.3) is 0 Å². The molecule has 4 atom stereocenters. The summed E-state index contributed by atoms with van der Waals surface area (Å²) in [6.07, 6.45) is 1.01. The van der Waals surface area contributed by atoms with Gasteiger partial charge in [-0.15, -0.1) is 0 Å². The predicted molar refractivity (Wildman–Crippen MR) is 109 cm³/mol. The van der Waals surface area contributed by atoms with E-state index in [9.17, 15) is 4.79 Å². The highest BCUT2D eigenvalue weighted by molar-refractivity contribution is 6.31. The van der Waals surface area contributed by atoms with E-state index in [4.69, 9.17) is 11.6 Å². The van der Waals surface area contributed by atoms with E-state index < -0.39 is 0 Å². The smallest absolute Gasteiger partial charge is 0.226 e. The van der Waals surface area contributed by atoms with Crippen molar-refractivity contribution < 1.29 is 4.79 Å². The zero-order chi connectivity index (χ0) is 18.7. The summed E-state index contributed by atoms with van der Waals surface area (Å²) in [5.41, 5.74) is 4.66. The Morgan fingerprint density at radius 3 is 2.56 bits per heavy atom. The molecule has 27 heavy (non-hydrogen) atoms. The average Bonchev–Trinajstić information content (AvgIpc) is 3.27. The van der Waals surface area contributed by atoms with Gasteiger partial charge in [-0.05, 0) is 42.5 Å². The van der Waals surface area contributed by atoms with Gasteiger partial charge < -0.3 is 9.88 Å². The molecular weight excluding hydrogens is 356 g/mol. The summed E-state index contributed by atoms with van der Waals surface area (Å²) in [6.45, 7) is 4.99. The van der Waals surface area contributed by atoms with Crippen LogP contribution in [0.15, 0.2) is 48.5 Å². The van der Waals surface area contributed by atoms with Crippen LogP contribution in [-0.4, -0.2) is 22.3 Å². The fourth-order valence-corrected chi connectivity index (χ4v) is 4.93. The maximum absolute atomic E-state index is 13.1. The number of fused-ring (bicyclic) bond motifs is 3. The molecule has 2 aliphatic rings. The lowest BCUT2D eigenvalue weighted by Crippen LogP contribution is -2.42. The normalized spacial score (nSPS) is 26.9. The molecule has 0 saturated heterocycles. The van der Waals surface area contributed by atoms with Crippen LogP contribution in [0.4, 0.5) is 0 Å². The Morgan fingerprint density at radius 2 is 1.81 bits per heavy atom. The average molecular weight is 379 g/mol. The van der Waals surface area contributed by atoms with Crippen LogP contribution >= 0.6 is 11.6 Å². The van der Waals surface area contributed by atoms with Crippen molar-refractivity contribution >= 4 is 28.4 Å². The van der Waals surface area contributed by atoms with Crippen molar-refractivity contribution in [1.29, 1.82) is 0 Å². The molecule has 1 N–H and O–H groups in total. The zero-order valence-corrected chi connectivity index (χ0v) is 16.3. The first-order valence-electron chi connectivity index (χ1n) is 9.71. The van der Waals surface area contributed by atoms with Crippen molar-refractivity contribution in [2.24, 2.45) is 11.8 Å². The Kier molecular flexibility index (Phi) is 3.83. The first-order valence-corrected chi connectivity index (χ1v) is 10.1. The van der Waals surface area contributed by atoms with Crippen LogP contribution in [0.3, 0.4) is 0 Å². The molecule has 2 heterocycles. The van der Waals surface area contributed by atoms with E-state index >= 15 is 0 Å². The molecule has 1 aliphatic carbocycles. The minimum Gasteiger partial charge on any atom is -0.356 e. The molecule has 4 unspecified atom stereocenters. The maximum Gasteiger partial charge on any atom is 0.226 e. The second-order valence-corrected chi connectivity index (χ2v) is 8.47. The van der Waals surface area contributed by atoms with Crippen LogP contribution in [0.1, 0.15) is 49.0 Å². The summed E-state index contributed by atoms with van der Waals surface area (Å²) in [6, 6.07) is 16.5. The van der Waals surface area contributed by atoms with Crippen molar-refractivity contribution in [1.82, 2.24) is 9.88 Å². The SMILES string of the molecule is CC1CC1C(=O)N1CC(c2ccccc2Cl)c2c([nH]c3ccccc23)C1C. The summed E-state index contributed by atoms with van der Waals surface area (Å²) in [5.74, 6) is 1.06. The van der Waals surface area contributed by atoms with E-state index in [-0.39, 0.29) is 23.8 Å². The van der Waals surface area contributed by atoms with Crippen molar-refractivity contribution in [3.05, 3.63) is 70.4 Å². The summed E-state index contributed by atoms with van der Waals surface area (Å²) in [7, 11) is 0. The molecule has 1 aliphatic heterocycles. The Balaban J connectivity index is 1.69. The molecule has 5 rings (SSSR count). The number of halogens is 1. The Morgan fingerprint density at radius 1 is 1.11 bits per heavy atom. The third kappa shape index (κ3) is 2.60. The Hall–Kier alpha value is -2.26. The molecule has 3 aromatic rings. The third-order valence-corrected chi connectivity index (χ3v) is 6.72.